The van der Waals surface area contributed by atoms with Crippen LogP contribution in [-0.2, 0) is 14.6 Å². The van der Waals surface area contributed by atoms with Crippen molar-refractivity contribution in [2.45, 2.75) is 49.5 Å². The molecular formula is C27H30N4O7S. The van der Waals surface area contributed by atoms with Crippen molar-refractivity contribution in [1.29, 1.82) is 0 Å². The minimum absolute atomic E-state index is 0.0251. The highest BCUT2D eigenvalue weighted by molar-refractivity contribution is 7.90. The van der Waals surface area contributed by atoms with Gasteiger partial charge in [-0.1, -0.05) is 0 Å². The molecule has 5 rings (SSSR count). The molecule has 1 saturated carbocycles. The maximum Gasteiger partial charge on any atom is 0.267 e. The Morgan fingerprint density at radius 3 is 2.59 bits per heavy atom. The molecule has 1 aliphatic carbocycles. The van der Waals surface area contributed by atoms with Gasteiger partial charge in [0.15, 0.2) is 21.0 Å². The van der Waals surface area contributed by atoms with Crippen molar-refractivity contribution in [3.05, 3.63) is 54.4 Å². The molecular weight excluding hydrogens is 524 g/mol. The number of pyridine rings is 1. The first kappa shape index (κ1) is 26.7. The molecule has 11 nitrogen and oxygen atoms in total. The number of carbonyl (C=O) groups is 2. The van der Waals surface area contributed by atoms with Crippen LogP contribution >= 0.6 is 0 Å². The van der Waals surface area contributed by atoms with E-state index in [1.807, 2.05) is 4.90 Å². The fourth-order valence-corrected chi connectivity index (χ4v) is 4.92. The van der Waals surface area contributed by atoms with E-state index >= 15 is 0 Å². The van der Waals surface area contributed by atoms with E-state index in [-0.39, 0.29) is 23.4 Å². The number of amides is 2. The summed E-state index contributed by atoms with van der Waals surface area (Å²) in [6.07, 6.45) is 3.75. The molecule has 3 heterocycles. The largest absolute Gasteiger partial charge is 0.480 e. The molecule has 1 unspecified atom stereocenters. The lowest BCUT2D eigenvalue weighted by Gasteiger charge is -2.17. The van der Waals surface area contributed by atoms with Gasteiger partial charge >= 0.3 is 0 Å². The van der Waals surface area contributed by atoms with Crippen LogP contribution in [0.3, 0.4) is 0 Å². The summed E-state index contributed by atoms with van der Waals surface area (Å²) in [6, 6.07) is 11.7. The Hall–Kier alpha value is -3.90. The smallest absolute Gasteiger partial charge is 0.267 e. The van der Waals surface area contributed by atoms with Crippen LogP contribution in [0.2, 0.25) is 0 Å². The number of ether oxygens (including phenoxy) is 2. The number of nitrogens with zero attached hydrogens (tertiary/aromatic N) is 2. The minimum Gasteiger partial charge on any atom is -0.480 e. The standard InChI is InChI=1S/C27H30N4O7S/c1-16(32)14-29-26(33)23-7-6-22(30-23)17-11-20(37-19-5-8-25(28-15-19)39(2,35)36)13-21(12-17)38-24-9-10-31(27(24)34)18-3-4-18/h5-8,11-13,15-16,18,24,30,32H,3-4,9-10,14H2,1-2H3,(H,29,33)/t16-,24?/m1/s1. The first-order valence-corrected chi connectivity index (χ1v) is 14.6. The highest BCUT2D eigenvalue weighted by atomic mass is 32.2. The van der Waals surface area contributed by atoms with Crippen molar-refractivity contribution < 1.29 is 32.6 Å². The number of hydrogen-bond acceptors (Lipinski definition) is 8. The number of carbonyl (C=O) groups excluding carboxylic acids is 2. The molecule has 206 valence electrons. The van der Waals surface area contributed by atoms with Crippen molar-refractivity contribution in [3.8, 4) is 28.5 Å². The Labute approximate surface area is 226 Å². The first-order valence-electron chi connectivity index (χ1n) is 12.7. The lowest BCUT2D eigenvalue weighted by molar-refractivity contribution is -0.133. The third-order valence-electron chi connectivity index (χ3n) is 6.46. The van der Waals surface area contributed by atoms with Crippen LogP contribution in [0, 0.1) is 0 Å². The predicted molar refractivity (Wildman–Crippen MR) is 141 cm³/mol. The van der Waals surface area contributed by atoms with Gasteiger partial charge in [0.25, 0.3) is 11.8 Å². The summed E-state index contributed by atoms with van der Waals surface area (Å²) in [5.74, 6) is 0.708. The number of aliphatic hydroxyl groups is 1. The fraction of sp³-hybridized carbons (Fsp3) is 0.370. The van der Waals surface area contributed by atoms with Gasteiger partial charge in [-0.2, -0.15) is 0 Å². The molecule has 1 aromatic carbocycles. The van der Waals surface area contributed by atoms with Gasteiger partial charge in [-0.3, -0.25) is 9.59 Å². The normalized spacial score (nSPS) is 18.2. The van der Waals surface area contributed by atoms with Gasteiger partial charge in [0.1, 0.15) is 22.9 Å². The summed E-state index contributed by atoms with van der Waals surface area (Å²) >= 11 is 0. The molecule has 3 aromatic rings. The zero-order valence-corrected chi connectivity index (χ0v) is 22.4. The molecule has 0 spiro atoms. The Kier molecular flexibility index (Phi) is 7.32. The molecule has 2 aromatic heterocycles. The van der Waals surface area contributed by atoms with Gasteiger partial charge in [0.05, 0.1) is 12.3 Å². The van der Waals surface area contributed by atoms with E-state index in [9.17, 15) is 23.1 Å². The summed E-state index contributed by atoms with van der Waals surface area (Å²) in [5.41, 5.74) is 1.56. The van der Waals surface area contributed by atoms with Crippen molar-refractivity contribution in [3.63, 3.8) is 0 Å². The first-order chi connectivity index (χ1) is 18.6. The van der Waals surface area contributed by atoms with Crippen LogP contribution in [-0.4, -0.2) is 77.8 Å². The Bertz CT molecular complexity index is 1480. The molecule has 2 atom stereocenters. The number of sulfone groups is 1. The number of aliphatic hydroxyl groups excluding tert-OH is 1. The van der Waals surface area contributed by atoms with E-state index in [4.69, 9.17) is 9.47 Å². The quantitative estimate of drug-likeness (QED) is 0.346. The van der Waals surface area contributed by atoms with E-state index < -0.39 is 22.0 Å². The summed E-state index contributed by atoms with van der Waals surface area (Å²) < 4.78 is 35.6. The molecule has 1 saturated heterocycles. The van der Waals surface area contributed by atoms with Crippen LogP contribution in [0.1, 0.15) is 36.7 Å². The third-order valence-corrected chi connectivity index (χ3v) is 7.46. The molecule has 2 fully saturated rings. The maximum absolute atomic E-state index is 12.9. The van der Waals surface area contributed by atoms with Crippen LogP contribution in [0.15, 0.2) is 53.7 Å². The number of aromatic nitrogens is 2. The van der Waals surface area contributed by atoms with Crippen molar-refractivity contribution >= 4 is 21.7 Å². The zero-order valence-electron chi connectivity index (χ0n) is 21.6. The monoisotopic (exact) mass is 554 g/mol. The number of H-pyrrole nitrogens is 1. The molecule has 3 N–H and O–H groups in total. The third kappa shape index (κ3) is 6.40. The summed E-state index contributed by atoms with van der Waals surface area (Å²) in [5, 5.41) is 12.0. The van der Waals surface area contributed by atoms with Gasteiger partial charge in [0.2, 0.25) is 0 Å². The van der Waals surface area contributed by atoms with Gasteiger partial charge in [-0.05, 0) is 56.2 Å². The number of nitrogens with one attached hydrogen (secondary N) is 2. The minimum atomic E-state index is -3.45. The van der Waals surface area contributed by atoms with Crippen LogP contribution in [0.5, 0.6) is 17.2 Å². The lowest BCUT2D eigenvalue weighted by atomic mass is 10.1. The highest BCUT2D eigenvalue weighted by Crippen LogP contribution is 2.35. The summed E-state index contributed by atoms with van der Waals surface area (Å²) in [4.78, 5) is 34.2. The van der Waals surface area contributed by atoms with E-state index in [0.29, 0.717) is 53.2 Å². The fourth-order valence-electron chi connectivity index (χ4n) is 4.37. The second-order valence-corrected chi connectivity index (χ2v) is 11.9. The van der Waals surface area contributed by atoms with Gasteiger partial charge < -0.3 is 29.8 Å². The molecule has 0 bridgehead atoms. The van der Waals surface area contributed by atoms with Gasteiger partial charge in [-0.15, -0.1) is 0 Å². The van der Waals surface area contributed by atoms with E-state index in [1.165, 1.54) is 18.3 Å². The summed E-state index contributed by atoms with van der Waals surface area (Å²) in [7, 11) is -3.45. The second kappa shape index (κ2) is 10.7. The molecule has 39 heavy (non-hydrogen) atoms. The van der Waals surface area contributed by atoms with E-state index in [0.717, 1.165) is 19.1 Å². The van der Waals surface area contributed by atoms with Gasteiger partial charge in [0, 0.05) is 49.1 Å². The predicted octanol–water partition coefficient (Wildman–Crippen LogP) is 2.53. The van der Waals surface area contributed by atoms with E-state index in [2.05, 4.69) is 15.3 Å². The lowest BCUT2D eigenvalue weighted by Crippen LogP contribution is -2.33. The van der Waals surface area contributed by atoms with Crippen molar-refractivity contribution in [1.82, 2.24) is 20.2 Å². The van der Waals surface area contributed by atoms with Gasteiger partial charge in [-0.25, -0.2) is 13.4 Å². The van der Waals surface area contributed by atoms with Crippen LogP contribution < -0.4 is 14.8 Å². The SMILES string of the molecule is C[C@@H](O)CNC(=O)c1ccc(-c2cc(Oc3ccc(S(C)(=O)=O)nc3)cc(OC3CCN(C4CC4)C3=O)c2)[nH]1. The van der Waals surface area contributed by atoms with Crippen molar-refractivity contribution in [2.24, 2.45) is 0 Å². The van der Waals surface area contributed by atoms with E-state index in [1.54, 1.807) is 37.3 Å². The molecule has 1 aliphatic heterocycles. The Morgan fingerprint density at radius 2 is 1.92 bits per heavy atom. The Morgan fingerprint density at radius 1 is 1.15 bits per heavy atom. The second-order valence-electron chi connectivity index (χ2n) is 9.90. The number of benzene rings is 1. The average Bonchev–Trinajstić information content (AvgIpc) is 3.48. The average molecular weight is 555 g/mol. The number of aromatic amines is 1. The summed E-state index contributed by atoms with van der Waals surface area (Å²) in [6.45, 7) is 2.36. The molecule has 2 amide bonds. The van der Waals surface area contributed by atoms with Crippen LogP contribution in [0.25, 0.3) is 11.3 Å². The number of hydrogen-bond donors (Lipinski definition) is 3. The molecule has 12 heteroatoms. The van der Waals surface area contributed by atoms with Crippen LogP contribution in [0.4, 0.5) is 0 Å². The maximum atomic E-state index is 12.9. The Balaban J connectivity index is 1.41. The molecule has 0 radical (unpaired) electrons. The highest BCUT2D eigenvalue weighted by Gasteiger charge is 2.41. The molecule has 2 aliphatic rings. The number of rotatable bonds is 10. The van der Waals surface area contributed by atoms with Crippen molar-refractivity contribution in [2.75, 3.05) is 19.3 Å². The number of likely N-dealkylation sites (tertiary alicyclic amines) is 1. The zero-order chi connectivity index (χ0) is 27.7. The topological polar surface area (TPSA) is 151 Å².